The van der Waals surface area contributed by atoms with Crippen molar-refractivity contribution in [3.8, 4) is 0 Å². The second-order valence-electron chi connectivity index (χ2n) is 7.53. The average molecular weight is 337 g/mol. The fourth-order valence-electron chi connectivity index (χ4n) is 2.88. The van der Waals surface area contributed by atoms with E-state index in [0.717, 1.165) is 50.8 Å². The molecule has 0 amide bonds. The van der Waals surface area contributed by atoms with E-state index in [1.54, 1.807) is 0 Å². The van der Waals surface area contributed by atoms with Gasteiger partial charge in [-0.1, -0.05) is 13.8 Å². The van der Waals surface area contributed by atoms with Gasteiger partial charge in [0.05, 0.1) is 5.69 Å². The Kier molecular flexibility index (Phi) is 8.25. The van der Waals surface area contributed by atoms with E-state index in [2.05, 4.69) is 73.2 Å². The van der Waals surface area contributed by atoms with E-state index in [0.29, 0.717) is 0 Å². The van der Waals surface area contributed by atoms with Crippen LogP contribution in [0.15, 0.2) is 11.1 Å². The van der Waals surface area contributed by atoms with Crippen LogP contribution in [0.4, 0.5) is 0 Å². The van der Waals surface area contributed by atoms with E-state index in [-0.39, 0.29) is 5.41 Å². The van der Waals surface area contributed by atoms with Crippen LogP contribution in [0.5, 0.6) is 0 Å². The van der Waals surface area contributed by atoms with Crippen molar-refractivity contribution in [3.63, 3.8) is 0 Å². The van der Waals surface area contributed by atoms with Crippen molar-refractivity contribution in [2.45, 2.75) is 47.6 Å². The standard InChI is InChI=1S/C18H36N6/c1-8-19-17(21-13-18(4,5)14-23(6)7)20-10-9-11-24-16(3)12-15(2)22-24/h12H,8-11,13-14H2,1-7H3,(H2,19,20,21). The fourth-order valence-corrected chi connectivity index (χ4v) is 2.88. The van der Waals surface area contributed by atoms with Gasteiger partial charge in [-0.25, -0.2) is 0 Å². The Hall–Kier alpha value is -1.56. The third-order valence-corrected chi connectivity index (χ3v) is 3.70. The van der Waals surface area contributed by atoms with Crippen LogP contribution in [-0.4, -0.2) is 60.9 Å². The predicted octanol–water partition coefficient (Wildman–Crippen LogP) is 2.03. The van der Waals surface area contributed by atoms with Crippen LogP contribution in [0.3, 0.4) is 0 Å². The summed E-state index contributed by atoms with van der Waals surface area (Å²) in [4.78, 5) is 6.96. The van der Waals surface area contributed by atoms with Crippen molar-refractivity contribution in [2.24, 2.45) is 10.4 Å². The van der Waals surface area contributed by atoms with E-state index in [9.17, 15) is 0 Å². The van der Waals surface area contributed by atoms with Gasteiger partial charge in [0.25, 0.3) is 0 Å². The first-order chi connectivity index (χ1) is 11.2. The quantitative estimate of drug-likeness (QED) is 0.412. The maximum Gasteiger partial charge on any atom is 0.191 e. The van der Waals surface area contributed by atoms with Crippen LogP contribution in [0.25, 0.3) is 0 Å². The van der Waals surface area contributed by atoms with Crippen LogP contribution in [0, 0.1) is 19.3 Å². The lowest BCUT2D eigenvalue weighted by Gasteiger charge is -2.26. The van der Waals surface area contributed by atoms with E-state index in [1.807, 2.05) is 6.92 Å². The molecule has 24 heavy (non-hydrogen) atoms. The fraction of sp³-hybridized carbons (Fsp3) is 0.778. The van der Waals surface area contributed by atoms with Crippen molar-refractivity contribution in [2.75, 3.05) is 40.3 Å². The second kappa shape index (κ2) is 9.67. The first kappa shape index (κ1) is 20.5. The molecule has 0 aromatic carbocycles. The summed E-state index contributed by atoms with van der Waals surface area (Å²) in [6, 6.07) is 2.12. The molecule has 6 heteroatoms. The zero-order valence-corrected chi connectivity index (χ0v) is 16.6. The minimum absolute atomic E-state index is 0.162. The molecule has 0 saturated heterocycles. The number of hydrogen-bond acceptors (Lipinski definition) is 3. The highest BCUT2D eigenvalue weighted by Gasteiger charge is 2.18. The average Bonchev–Trinajstić information content (AvgIpc) is 2.77. The first-order valence-corrected chi connectivity index (χ1v) is 8.91. The van der Waals surface area contributed by atoms with Crippen LogP contribution in [0.1, 0.15) is 38.6 Å². The van der Waals surface area contributed by atoms with Gasteiger partial charge >= 0.3 is 0 Å². The molecule has 0 saturated carbocycles. The van der Waals surface area contributed by atoms with E-state index >= 15 is 0 Å². The first-order valence-electron chi connectivity index (χ1n) is 8.91. The third-order valence-electron chi connectivity index (χ3n) is 3.70. The molecule has 1 rings (SSSR count). The molecule has 0 atom stereocenters. The molecule has 1 aromatic rings. The lowest BCUT2D eigenvalue weighted by Crippen LogP contribution is -2.39. The summed E-state index contributed by atoms with van der Waals surface area (Å²) in [5, 5.41) is 11.3. The largest absolute Gasteiger partial charge is 0.357 e. The highest BCUT2D eigenvalue weighted by Crippen LogP contribution is 2.15. The molecule has 1 heterocycles. The zero-order valence-electron chi connectivity index (χ0n) is 16.6. The number of nitrogens with one attached hydrogen (secondary N) is 2. The summed E-state index contributed by atoms with van der Waals surface area (Å²) in [6.45, 7) is 15.3. The molecule has 138 valence electrons. The van der Waals surface area contributed by atoms with Crippen LogP contribution >= 0.6 is 0 Å². The maximum atomic E-state index is 4.75. The van der Waals surface area contributed by atoms with Gasteiger partial charge in [0.1, 0.15) is 0 Å². The Morgan fingerprint density at radius 1 is 1.29 bits per heavy atom. The zero-order chi connectivity index (χ0) is 18.2. The normalized spacial score (nSPS) is 12.8. The highest BCUT2D eigenvalue weighted by molar-refractivity contribution is 5.79. The predicted molar refractivity (Wildman–Crippen MR) is 103 cm³/mol. The van der Waals surface area contributed by atoms with Crippen molar-refractivity contribution in [3.05, 3.63) is 17.5 Å². The van der Waals surface area contributed by atoms with Gasteiger partial charge in [-0.05, 0) is 52.8 Å². The van der Waals surface area contributed by atoms with Gasteiger partial charge in [-0.2, -0.15) is 5.10 Å². The summed E-state index contributed by atoms with van der Waals surface area (Å²) in [6.07, 6.45) is 1.02. The Balaban J connectivity index is 2.44. The van der Waals surface area contributed by atoms with E-state index < -0.39 is 0 Å². The minimum atomic E-state index is 0.162. The number of aryl methyl sites for hydroxylation is 3. The van der Waals surface area contributed by atoms with Crippen LogP contribution < -0.4 is 10.6 Å². The van der Waals surface area contributed by atoms with Crippen LogP contribution in [-0.2, 0) is 6.54 Å². The molecule has 0 aliphatic heterocycles. The molecular formula is C18H36N6. The summed E-state index contributed by atoms with van der Waals surface area (Å²) in [7, 11) is 4.21. The molecule has 1 aromatic heterocycles. The van der Waals surface area contributed by atoms with Gasteiger partial charge in [0, 0.05) is 38.4 Å². The molecule has 0 spiro atoms. The van der Waals surface area contributed by atoms with Crippen molar-refractivity contribution in [1.29, 1.82) is 0 Å². The number of guanidine groups is 1. The molecule has 0 unspecified atom stereocenters. The molecule has 2 N–H and O–H groups in total. The van der Waals surface area contributed by atoms with Gasteiger partial charge < -0.3 is 15.5 Å². The van der Waals surface area contributed by atoms with Gasteiger partial charge in [0.15, 0.2) is 5.96 Å². The molecule has 0 aliphatic carbocycles. The summed E-state index contributed by atoms with van der Waals surface area (Å²) in [5.41, 5.74) is 2.47. The number of rotatable bonds is 9. The van der Waals surface area contributed by atoms with Gasteiger partial charge in [-0.3, -0.25) is 9.67 Å². The molecule has 6 nitrogen and oxygen atoms in total. The Bertz CT molecular complexity index is 516. The molecule has 0 fully saturated rings. The maximum absolute atomic E-state index is 4.75. The van der Waals surface area contributed by atoms with Crippen LogP contribution in [0.2, 0.25) is 0 Å². The summed E-state index contributed by atoms with van der Waals surface area (Å²) in [5.74, 6) is 0.901. The number of aromatic nitrogens is 2. The Morgan fingerprint density at radius 3 is 2.54 bits per heavy atom. The third kappa shape index (κ3) is 7.81. The van der Waals surface area contributed by atoms with Gasteiger partial charge in [0.2, 0.25) is 0 Å². The second-order valence-corrected chi connectivity index (χ2v) is 7.53. The number of aliphatic imine (C=N–C) groups is 1. The monoisotopic (exact) mass is 336 g/mol. The van der Waals surface area contributed by atoms with Gasteiger partial charge in [-0.15, -0.1) is 0 Å². The molecular weight excluding hydrogens is 300 g/mol. The Morgan fingerprint density at radius 2 is 2.00 bits per heavy atom. The lowest BCUT2D eigenvalue weighted by atomic mass is 9.93. The molecule has 0 aliphatic rings. The number of nitrogens with zero attached hydrogens (tertiary/aromatic N) is 4. The Labute approximate surface area is 147 Å². The number of hydrogen-bond donors (Lipinski definition) is 2. The highest BCUT2D eigenvalue weighted by atomic mass is 15.3. The van der Waals surface area contributed by atoms with Crippen molar-refractivity contribution in [1.82, 2.24) is 25.3 Å². The smallest absolute Gasteiger partial charge is 0.191 e. The summed E-state index contributed by atoms with van der Waals surface area (Å²) < 4.78 is 2.07. The van der Waals surface area contributed by atoms with E-state index in [4.69, 9.17) is 4.99 Å². The lowest BCUT2D eigenvalue weighted by molar-refractivity contribution is 0.248. The molecule has 0 radical (unpaired) electrons. The minimum Gasteiger partial charge on any atom is -0.357 e. The van der Waals surface area contributed by atoms with E-state index in [1.165, 1.54) is 5.69 Å². The topological polar surface area (TPSA) is 57.5 Å². The summed E-state index contributed by atoms with van der Waals surface area (Å²) >= 11 is 0. The van der Waals surface area contributed by atoms with Crippen molar-refractivity contribution >= 4 is 5.96 Å². The SMILES string of the molecule is CCNC(=NCC(C)(C)CN(C)C)NCCCn1nc(C)cc1C. The van der Waals surface area contributed by atoms with Crippen molar-refractivity contribution < 1.29 is 0 Å². The molecule has 0 bridgehead atoms.